The third kappa shape index (κ3) is 2.21. The Bertz CT molecular complexity index is 337. The second kappa shape index (κ2) is 4.09. The summed E-state index contributed by atoms with van der Waals surface area (Å²) in [6.07, 6.45) is 2.30. The van der Waals surface area contributed by atoms with Gasteiger partial charge in [0.25, 0.3) is 0 Å². The molecule has 3 nitrogen and oxygen atoms in total. The van der Waals surface area contributed by atoms with Crippen molar-refractivity contribution in [2.45, 2.75) is 6.42 Å². The molecule has 0 fully saturated rings. The third-order valence-electron chi connectivity index (χ3n) is 1.74. The molecule has 0 unspecified atom stereocenters. The van der Waals surface area contributed by atoms with Crippen molar-refractivity contribution in [2.24, 2.45) is 0 Å². The highest BCUT2D eigenvalue weighted by Crippen LogP contribution is 2.27. The van der Waals surface area contributed by atoms with E-state index in [-0.39, 0.29) is 0 Å². The van der Waals surface area contributed by atoms with E-state index in [4.69, 9.17) is 17.1 Å². The van der Waals surface area contributed by atoms with Crippen LogP contribution in [0.5, 0.6) is 0 Å². The van der Waals surface area contributed by atoms with Crippen LogP contribution in [-0.4, -0.2) is 29.5 Å². The molecule has 0 heterocycles. The molecule has 0 aromatic carbocycles. The van der Waals surface area contributed by atoms with E-state index >= 15 is 0 Å². The zero-order valence-corrected chi connectivity index (χ0v) is 9.72. The van der Waals surface area contributed by atoms with Gasteiger partial charge in [0.1, 0.15) is 4.48 Å². The molecular weight excluding hydrogens is 253 g/mol. The van der Waals surface area contributed by atoms with Crippen LogP contribution in [-0.2, 0) is 0 Å². The van der Waals surface area contributed by atoms with Crippen LogP contribution in [0.1, 0.15) is 6.42 Å². The quantitative estimate of drug-likeness (QED) is 0.528. The lowest BCUT2D eigenvalue weighted by Gasteiger charge is -2.18. The molecule has 0 aromatic rings. The Hall–Kier alpha value is -0.570. The molecule has 70 valence electrons. The van der Waals surface area contributed by atoms with Crippen LogP contribution in [0.2, 0.25) is 0 Å². The molecule has 0 amide bonds. The first kappa shape index (κ1) is 10.5. The minimum absolute atomic E-state index is 0.461. The van der Waals surface area contributed by atoms with Crippen molar-refractivity contribution in [3.63, 3.8) is 0 Å². The summed E-state index contributed by atoms with van der Waals surface area (Å²) in [5.41, 5.74) is 10.1. The summed E-state index contributed by atoms with van der Waals surface area (Å²) in [6.45, 7) is 0. The van der Waals surface area contributed by atoms with Crippen LogP contribution in [0.4, 0.5) is 0 Å². The summed E-state index contributed by atoms with van der Waals surface area (Å²) in [5, 5.41) is 0.681. The normalized spacial score (nSPS) is 16.9. The lowest BCUT2D eigenvalue weighted by Crippen LogP contribution is -2.16. The van der Waals surface area contributed by atoms with Crippen LogP contribution in [0.25, 0.3) is 5.53 Å². The monoisotopic (exact) mass is 261 g/mol. The van der Waals surface area contributed by atoms with Gasteiger partial charge in [-0.25, -0.2) is 0 Å². The number of rotatable bonds is 1. The maximum absolute atomic E-state index is 8.63. The van der Waals surface area contributed by atoms with Gasteiger partial charge in [-0.05, 0) is 22.0 Å². The summed E-state index contributed by atoms with van der Waals surface area (Å²) < 4.78 is 0.767. The number of hydrogen-bond acceptors (Lipinski definition) is 1. The maximum Gasteiger partial charge on any atom is 0.311 e. The van der Waals surface area contributed by atoms with Crippen molar-refractivity contribution < 1.29 is 4.79 Å². The van der Waals surface area contributed by atoms with E-state index in [2.05, 4.69) is 20.7 Å². The van der Waals surface area contributed by atoms with E-state index in [1.54, 1.807) is 0 Å². The van der Waals surface area contributed by atoms with Crippen LogP contribution in [0.3, 0.4) is 0 Å². The van der Waals surface area contributed by atoms with Gasteiger partial charge in [-0.1, -0.05) is 11.6 Å². The van der Waals surface area contributed by atoms with Gasteiger partial charge < -0.3 is 10.4 Å². The molecule has 5 heteroatoms. The van der Waals surface area contributed by atoms with E-state index < -0.39 is 0 Å². The van der Waals surface area contributed by atoms with Crippen LogP contribution in [0.15, 0.2) is 21.3 Å². The van der Waals surface area contributed by atoms with Crippen molar-refractivity contribution >= 4 is 33.2 Å². The number of halogens is 2. The Balaban J connectivity index is 3.11. The summed E-state index contributed by atoms with van der Waals surface area (Å²) in [4.78, 5) is 5.05. The van der Waals surface area contributed by atoms with E-state index in [0.29, 0.717) is 17.2 Å². The fourth-order valence-electron chi connectivity index (χ4n) is 1.06. The lowest BCUT2D eigenvalue weighted by molar-refractivity contribution is -0.00581. The number of hydrogen-bond donors (Lipinski definition) is 0. The van der Waals surface area contributed by atoms with Crippen molar-refractivity contribution in [3.05, 3.63) is 26.8 Å². The third-order valence-corrected chi connectivity index (χ3v) is 2.76. The standard InChI is InChI=1S/C8H9BrClN3/c1-13(2)8-3-5(9)7(12-11)4-6(8)10/h3H,4H2,1-2H3. The Morgan fingerprint density at radius 1 is 1.62 bits per heavy atom. The van der Waals surface area contributed by atoms with Crippen LogP contribution >= 0.6 is 27.5 Å². The van der Waals surface area contributed by atoms with Gasteiger partial charge in [0.05, 0.1) is 17.2 Å². The molecule has 0 aromatic heterocycles. The molecule has 0 bridgehead atoms. The molecule has 0 saturated carbocycles. The van der Waals surface area contributed by atoms with Crippen LogP contribution in [0, 0.1) is 0 Å². The smallest absolute Gasteiger partial charge is 0.311 e. The first-order chi connectivity index (χ1) is 6.06. The van der Waals surface area contributed by atoms with Gasteiger partial charge in [0.2, 0.25) is 0 Å². The molecule has 0 radical (unpaired) electrons. The van der Waals surface area contributed by atoms with Crippen molar-refractivity contribution in [2.75, 3.05) is 14.1 Å². The first-order valence-corrected chi connectivity index (χ1v) is 4.88. The maximum atomic E-state index is 8.63. The van der Waals surface area contributed by atoms with Gasteiger partial charge in [0.15, 0.2) is 0 Å². The van der Waals surface area contributed by atoms with Gasteiger partial charge >= 0.3 is 5.71 Å². The summed E-state index contributed by atoms with van der Waals surface area (Å²) >= 11 is 9.30. The number of likely N-dealkylation sites (N-methyl/N-ethyl adjacent to an activating group) is 1. The Labute approximate surface area is 90.4 Å². The molecule has 0 N–H and O–H groups in total. The number of allylic oxidation sites excluding steroid dienone is 3. The minimum Gasteiger partial charge on any atom is -0.377 e. The molecule has 13 heavy (non-hydrogen) atoms. The van der Waals surface area contributed by atoms with Gasteiger partial charge in [-0.3, -0.25) is 0 Å². The molecule has 0 aliphatic heterocycles. The molecule has 0 atom stereocenters. The van der Waals surface area contributed by atoms with E-state index in [1.165, 1.54) is 0 Å². The number of nitrogens with zero attached hydrogens (tertiary/aromatic N) is 3. The highest BCUT2D eigenvalue weighted by Gasteiger charge is 2.23. The predicted molar refractivity (Wildman–Crippen MR) is 56.8 cm³/mol. The average Bonchev–Trinajstić information content (AvgIpc) is 2.07. The van der Waals surface area contributed by atoms with Crippen molar-refractivity contribution in [1.29, 1.82) is 0 Å². The van der Waals surface area contributed by atoms with Crippen LogP contribution < -0.4 is 0 Å². The summed E-state index contributed by atoms with van der Waals surface area (Å²) in [6, 6.07) is 0. The largest absolute Gasteiger partial charge is 0.377 e. The second-order valence-electron chi connectivity index (χ2n) is 2.90. The van der Waals surface area contributed by atoms with Gasteiger partial charge in [-0.15, -0.1) is 0 Å². The SMILES string of the molecule is CN(C)C1=C(Cl)CC(=[N+]=[N-])C(Br)=C1. The van der Waals surface area contributed by atoms with Crippen molar-refractivity contribution in [1.82, 2.24) is 4.90 Å². The molecule has 1 aliphatic carbocycles. The van der Waals surface area contributed by atoms with Gasteiger partial charge in [-0.2, -0.15) is 4.79 Å². The van der Waals surface area contributed by atoms with E-state index in [0.717, 1.165) is 10.2 Å². The molecule has 1 aliphatic rings. The highest BCUT2D eigenvalue weighted by atomic mass is 79.9. The van der Waals surface area contributed by atoms with Crippen molar-refractivity contribution in [3.8, 4) is 0 Å². The fourth-order valence-corrected chi connectivity index (χ4v) is 1.84. The Morgan fingerprint density at radius 3 is 2.69 bits per heavy atom. The second-order valence-corrected chi connectivity index (χ2v) is 4.21. The zero-order valence-electron chi connectivity index (χ0n) is 7.38. The fraction of sp³-hybridized carbons (Fsp3) is 0.375. The zero-order chi connectivity index (χ0) is 10.0. The Kier molecular flexibility index (Phi) is 3.31. The molecule has 0 saturated heterocycles. The lowest BCUT2D eigenvalue weighted by atomic mass is 10.1. The highest BCUT2D eigenvalue weighted by molar-refractivity contribution is 9.12. The topological polar surface area (TPSA) is 39.6 Å². The Morgan fingerprint density at radius 2 is 2.23 bits per heavy atom. The van der Waals surface area contributed by atoms with E-state index in [9.17, 15) is 0 Å². The summed E-state index contributed by atoms with van der Waals surface area (Å²) in [7, 11) is 3.82. The predicted octanol–water partition coefficient (Wildman–Crippen LogP) is 2.35. The molecule has 0 spiro atoms. The minimum atomic E-state index is 0.461. The average molecular weight is 263 g/mol. The van der Waals surface area contributed by atoms with Gasteiger partial charge in [0, 0.05) is 14.1 Å². The van der Waals surface area contributed by atoms with E-state index in [1.807, 2.05) is 25.1 Å². The summed E-state index contributed by atoms with van der Waals surface area (Å²) in [5.74, 6) is 0. The molecular formula is C8H9BrClN3. The first-order valence-electron chi connectivity index (χ1n) is 3.70. The molecule has 1 rings (SSSR count).